The predicted molar refractivity (Wildman–Crippen MR) is 61.0 cm³/mol. The van der Waals surface area contributed by atoms with Crippen LogP contribution in [0.4, 0.5) is 0 Å². The molecular weight excluding hydrogens is 175 g/mol. The van der Waals surface area contributed by atoms with E-state index in [1.165, 1.54) is 30.8 Å². The van der Waals surface area contributed by atoms with Gasteiger partial charge in [-0.05, 0) is 30.8 Å². The molecule has 13 heavy (non-hydrogen) atoms. The highest BCUT2D eigenvalue weighted by atomic mass is 31.1. The highest BCUT2D eigenvalue weighted by Gasteiger charge is 1.97. The lowest BCUT2D eigenvalue weighted by atomic mass is 10.1. The molecule has 0 spiro atoms. The normalized spacial score (nSPS) is 11.5. The fourth-order valence-electron chi connectivity index (χ4n) is 1.52. The van der Waals surface area contributed by atoms with Gasteiger partial charge in [0.25, 0.3) is 0 Å². The molecule has 0 fully saturated rings. The SMILES string of the molecule is CC[P]c1cccc2ccccc12. The Morgan fingerprint density at radius 1 is 1.00 bits per heavy atom. The van der Waals surface area contributed by atoms with Crippen molar-refractivity contribution in [3.8, 4) is 0 Å². The zero-order chi connectivity index (χ0) is 9.10. The van der Waals surface area contributed by atoms with Crippen LogP contribution in [0.3, 0.4) is 0 Å². The molecule has 0 atom stereocenters. The summed E-state index contributed by atoms with van der Waals surface area (Å²) >= 11 is 0. The van der Waals surface area contributed by atoms with Gasteiger partial charge in [0.1, 0.15) is 0 Å². The van der Waals surface area contributed by atoms with Crippen LogP contribution in [0.15, 0.2) is 42.5 Å². The van der Waals surface area contributed by atoms with Crippen molar-refractivity contribution in [3.63, 3.8) is 0 Å². The van der Waals surface area contributed by atoms with Gasteiger partial charge in [0.2, 0.25) is 0 Å². The van der Waals surface area contributed by atoms with E-state index < -0.39 is 0 Å². The molecule has 0 aliphatic carbocycles. The van der Waals surface area contributed by atoms with E-state index in [1.807, 2.05) is 0 Å². The Morgan fingerprint density at radius 3 is 2.62 bits per heavy atom. The number of rotatable bonds is 2. The van der Waals surface area contributed by atoms with Crippen LogP contribution in [0.1, 0.15) is 6.92 Å². The second-order valence-electron chi connectivity index (χ2n) is 2.97. The molecule has 0 bridgehead atoms. The van der Waals surface area contributed by atoms with Crippen molar-refractivity contribution in [2.75, 3.05) is 6.16 Å². The molecule has 0 amide bonds. The lowest BCUT2D eigenvalue weighted by Crippen LogP contribution is -1.95. The van der Waals surface area contributed by atoms with Gasteiger partial charge in [-0.15, -0.1) is 0 Å². The average Bonchev–Trinajstić information content (AvgIpc) is 2.19. The standard InChI is InChI=1S/C12H12P/c1-2-13-12-9-5-7-10-6-3-4-8-11(10)12/h3-9H,2H2,1H3. The van der Waals surface area contributed by atoms with Gasteiger partial charge < -0.3 is 0 Å². The molecule has 1 heteroatoms. The summed E-state index contributed by atoms with van der Waals surface area (Å²) < 4.78 is 0. The summed E-state index contributed by atoms with van der Waals surface area (Å²) in [6.07, 6.45) is 1.19. The van der Waals surface area contributed by atoms with Gasteiger partial charge in [-0.3, -0.25) is 0 Å². The van der Waals surface area contributed by atoms with Crippen LogP contribution in [0.2, 0.25) is 0 Å². The summed E-state index contributed by atoms with van der Waals surface area (Å²) in [7, 11) is 1.42. The lowest BCUT2D eigenvalue weighted by molar-refractivity contribution is 1.52. The number of hydrogen-bond donors (Lipinski definition) is 0. The first kappa shape index (κ1) is 8.72. The number of hydrogen-bond acceptors (Lipinski definition) is 0. The molecule has 2 aromatic rings. The van der Waals surface area contributed by atoms with E-state index in [1.54, 1.807) is 0 Å². The summed E-state index contributed by atoms with van der Waals surface area (Å²) in [5, 5.41) is 4.19. The minimum Gasteiger partial charge on any atom is -0.0616 e. The third-order valence-electron chi connectivity index (χ3n) is 2.10. The van der Waals surface area contributed by atoms with Crippen molar-refractivity contribution in [1.29, 1.82) is 0 Å². The van der Waals surface area contributed by atoms with Gasteiger partial charge in [-0.25, -0.2) is 0 Å². The van der Waals surface area contributed by atoms with Gasteiger partial charge in [-0.1, -0.05) is 49.4 Å². The fourth-order valence-corrected chi connectivity index (χ4v) is 2.42. The monoisotopic (exact) mass is 187 g/mol. The maximum absolute atomic E-state index is 2.22. The molecule has 0 aromatic heterocycles. The molecule has 2 rings (SSSR count). The second-order valence-corrected chi connectivity index (χ2v) is 4.40. The molecule has 0 saturated carbocycles. The smallest absolute Gasteiger partial charge is 0.0103 e. The Kier molecular flexibility index (Phi) is 2.61. The van der Waals surface area contributed by atoms with Crippen LogP contribution in [0.25, 0.3) is 10.8 Å². The van der Waals surface area contributed by atoms with E-state index in [9.17, 15) is 0 Å². The van der Waals surface area contributed by atoms with Gasteiger partial charge in [-0.2, -0.15) is 0 Å². The van der Waals surface area contributed by atoms with E-state index in [-0.39, 0.29) is 0 Å². The summed E-state index contributed by atoms with van der Waals surface area (Å²) in [6.45, 7) is 2.21. The first-order valence-corrected chi connectivity index (χ1v) is 5.65. The first-order chi connectivity index (χ1) is 6.42. The summed E-state index contributed by atoms with van der Waals surface area (Å²) in [5.41, 5.74) is 0. The molecular formula is C12H12P. The van der Waals surface area contributed by atoms with E-state index in [4.69, 9.17) is 0 Å². The number of fused-ring (bicyclic) bond motifs is 1. The van der Waals surface area contributed by atoms with Crippen molar-refractivity contribution in [2.24, 2.45) is 0 Å². The fraction of sp³-hybridized carbons (Fsp3) is 0.167. The maximum Gasteiger partial charge on any atom is -0.0103 e. The summed E-state index contributed by atoms with van der Waals surface area (Å²) in [5.74, 6) is 0. The molecule has 2 aromatic carbocycles. The Labute approximate surface area is 80.8 Å². The van der Waals surface area contributed by atoms with Crippen LogP contribution in [0, 0.1) is 0 Å². The molecule has 0 nitrogen and oxygen atoms in total. The summed E-state index contributed by atoms with van der Waals surface area (Å²) in [6, 6.07) is 15.1. The second kappa shape index (κ2) is 3.89. The quantitative estimate of drug-likeness (QED) is 0.632. The van der Waals surface area contributed by atoms with Gasteiger partial charge >= 0.3 is 0 Å². The molecule has 0 heterocycles. The molecule has 1 radical (unpaired) electrons. The van der Waals surface area contributed by atoms with Crippen molar-refractivity contribution >= 4 is 24.7 Å². The van der Waals surface area contributed by atoms with Crippen LogP contribution in [-0.2, 0) is 0 Å². The lowest BCUT2D eigenvalue weighted by Gasteiger charge is -2.03. The van der Waals surface area contributed by atoms with Crippen LogP contribution in [0.5, 0.6) is 0 Å². The van der Waals surface area contributed by atoms with Crippen LogP contribution < -0.4 is 5.30 Å². The molecule has 0 N–H and O–H groups in total. The molecule has 0 unspecified atom stereocenters. The third kappa shape index (κ3) is 1.73. The van der Waals surface area contributed by atoms with Gasteiger partial charge in [0.15, 0.2) is 0 Å². The Balaban J connectivity index is 2.61. The van der Waals surface area contributed by atoms with Crippen molar-refractivity contribution in [1.82, 2.24) is 0 Å². The van der Waals surface area contributed by atoms with Crippen molar-refractivity contribution in [2.45, 2.75) is 6.92 Å². The highest BCUT2D eigenvalue weighted by Crippen LogP contribution is 2.18. The zero-order valence-electron chi connectivity index (χ0n) is 7.70. The first-order valence-electron chi connectivity index (χ1n) is 4.57. The minimum atomic E-state index is 1.19. The predicted octanol–water partition coefficient (Wildman–Crippen LogP) is 3.43. The molecule has 0 saturated heterocycles. The molecule has 0 aliphatic heterocycles. The highest BCUT2D eigenvalue weighted by molar-refractivity contribution is 7.47. The van der Waals surface area contributed by atoms with Gasteiger partial charge in [0, 0.05) is 0 Å². The van der Waals surface area contributed by atoms with E-state index in [2.05, 4.69) is 49.4 Å². The summed E-state index contributed by atoms with van der Waals surface area (Å²) in [4.78, 5) is 0. The Morgan fingerprint density at radius 2 is 1.77 bits per heavy atom. The van der Waals surface area contributed by atoms with Crippen LogP contribution >= 0.6 is 8.58 Å². The van der Waals surface area contributed by atoms with E-state index in [0.29, 0.717) is 0 Å². The average molecular weight is 187 g/mol. The van der Waals surface area contributed by atoms with Gasteiger partial charge in [0.05, 0.1) is 0 Å². The molecule has 0 aliphatic rings. The largest absolute Gasteiger partial charge is 0.0616 e. The van der Waals surface area contributed by atoms with Crippen LogP contribution in [-0.4, -0.2) is 6.16 Å². The third-order valence-corrected chi connectivity index (χ3v) is 3.14. The van der Waals surface area contributed by atoms with E-state index >= 15 is 0 Å². The topological polar surface area (TPSA) is 0 Å². The Hall–Kier alpha value is -0.870. The number of benzene rings is 2. The minimum absolute atomic E-state index is 1.19. The zero-order valence-corrected chi connectivity index (χ0v) is 8.59. The van der Waals surface area contributed by atoms with Crippen molar-refractivity contribution in [3.05, 3.63) is 42.5 Å². The van der Waals surface area contributed by atoms with Crippen molar-refractivity contribution < 1.29 is 0 Å². The maximum atomic E-state index is 2.22. The Bertz CT molecular complexity index is 401. The molecule has 65 valence electrons. The van der Waals surface area contributed by atoms with E-state index in [0.717, 1.165) is 0 Å².